The molecule has 0 heterocycles. The second kappa shape index (κ2) is 17.3. The SMILES string of the molecule is O=C(O)CCC(=O)O.O=C(SC(c1ccccc1)(c1ccccc1)c1ccccc1)SC(c1ccccc1)(c1ccccc1)c1ccccc1. The second-order valence-corrected chi connectivity index (χ2v) is 13.9. The van der Waals surface area contributed by atoms with Gasteiger partial charge < -0.3 is 10.2 Å². The molecule has 7 heteroatoms. The van der Waals surface area contributed by atoms with Gasteiger partial charge in [-0.15, -0.1) is 0 Å². The van der Waals surface area contributed by atoms with E-state index in [0.717, 1.165) is 33.4 Å². The van der Waals surface area contributed by atoms with Crippen LogP contribution in [0.1, 0.15) is 46.2 Å². The quantitative estimate of drug-likeness (QED) is 0.130. The maximum absolute atomic E-state index is 14.8. The van der Waals surface area contributed by atoms with Crippen LogP contribution in [0.15, 0.2) is 182 Å². The van der Waals surface area contributed by atoms with Crippen LogP contribution in [0, 0.1) is 0 Å². The van der Waals surface area contributed by atoms with Crippen LogP contribution in [0.5, 0.6) is 0 Å². The Hall–Kier alpha value is -5.37. The van der Waals surface area contributed by atoms with E-state index >= 15 is 0 Å². The Kier molecular flexibility index (Phi) is 12.5. The molecule has 6 aromatic carbocycles. The third kappa shape index (κ3) is 8.43. The van der Waals surface area contributed by atoms with Crippen molar-refractivity contribution in [3.05, 3.63) is 215 Å². The van der Waals surface area contributed by atoms with Gasteiger partial charge in [-0.2, -0.15) is 0 Å². The average Bonchev–Trinajstić information content (AvgIpc) is 3.17. The number of rotatable bonds is 11. The third-order valence-corrected chi connectivity index (χ3v) is 11.0. The van der Waals surface area contributed by atoms with Crippen molar-refractivity contribution in [3.63, 3.8) is 0 Å². The number of benzene rings is 6. The normalized spacial score (nSPS) is 11.1. The van der Waals surface area contributed by atoms with Gasteiger partial charge in [-0.1, -0.05) is 206 Å². The van der Waals surface area contributed by atoms with Crippen LogP contribution in [-0.2, 0) is 19.1 Å². The van der Waals surface area contributed by atoms with Crippen LogP contribution >= 0.6 is 23.5 Å². The Bertz CT molecular complexity index is 1620. The number of carbonyl (C=O) groups excluding carboxylic acids is 1. The Labute approximate surface area is 301 Å². The summed E-state index contributed by atoms with van der Waals surface area (Å²) in [6.07, 6.45) is -0.593. The van der Waals surface area contributed by atoms with Gasteiger partial charge in [0.05, 0.1) is 22.3 Å². The van der Waals surface area contributed by atoms with E-state index in [1.165, 1.54) is 23.5 Å². The molecule has 0 bridgehead atoms. The van der Waals surface area contributed by atoms with E-state index in [-0.39, 0.29) is 17.3 Å². The molecule has 0 aliphatic heterocycles. The largest absolute Gasteiger partial charge is 0.481 e. The molecule has 0 saturated carbocycles. The molecule has 0 amide bonds. The first kappa shape index (κ1) is 35.9. The number of aliphatic carboxylic acids is 2. The number of carboxylic acids is 2. The standard InChI is InChI=1S/C39H30OS2.C4H6O4/c40-37(41-38(31-19-7-1-8-20-31,32-21-9-2-10-22-32)33-23-11-3-12-24-33)42-39(34-25-13-4-14-26-34,35-27-15-5-16-28-35)36-29-17-6-18-30-36;5-3(6)1-2-4(7)8/h1-30H;1-2H2,(H,5,6)(H,7,8). The van der Waals surface area contributed by atoms with E-state index in [4.69, 9.17) is 10.2 Å². The molecule has 0 saturated heterocycles. The molecule has 0 unspecified atom stereocenters. The molecular weight excluding hydrogens is 661 g/mol. The summed E-state index contributed by atoms with van der Waals surface area (Å²) in [7, 11) is 0. The summed E-state index contributed by atoms with van der Waals surface area (Å²) >= 11 is 2.77. The fourth-order valence-electron chi connectivity index (χ4n) is 5.88. The average molecular weight is 697 g/mol. The minimum absolute atomic E-state index is 0.0307. The predicted molar refractivity (Wildman–Crippen MR) is 203 cm³/mol. The highest BCUT2D eigenvalue weighted by Crippen LogP contribution is 2.56. The van der Waals surface area contributed by atoms with E-state index in [1.54, 1.807) is 0 Å². The minimum Gasteiger partial charge on any atom is -0.481 e. The molecule has 6 rings (SSSR count). The van der Waals surface area contributed by atoms with Gasteiger partial charge in [0.2, 0.25) is 4.45 Å². The summed E-state index contributed by atoms with van der Waals surface area (Å²) in [5.41, 5.74) is 6.37. The third-order valence-electron chi connectivity index (χ3n) is 8.11. The molecule has 0 fully saturated rings. The second-order valence-electron chi connectivity index (χ2n) is 11.3. The first-order chi connectivity index (χ1) is 24.4. The van der Waals surface area contributed by atoms with Crippen LogP contribution in [-0.4, -0.2) is 26.6 Å². The highest BCUT2D eigenvalue weighted by Gasteiger charge is 2.44. The zero-order valence-corrected chi connectivity index (χ0v) is 28.8. The lowest BCUT2D eigenvalue weighted by molar-refractivity contribution is -0.143. The van der Waals surface area contributed by atoms with E-state index in [9.17, 15) is 14.4 Å². The van der Waals surface area contributed by atoms with Crippen LogP contribution in [0.3, 0.4) is 0 Å². The minimum atomic E-state index is -1.08. The van der Waals surface area contributed by atoms with Crippen LogP contribution in [0.4, 0.5) is 4.79 Å². The highest BCUT2D eigenvalue weighted by molar-refractivity contribution is 8.39. The van der Waals surface area contributed by atoms with E-state index < -0.39 is 21.4 Å². The molecule has 2 N–H and O–H groups in total. The van der Waals surface area contributed by atoms with E-state index in [1.807, 2.05) is 36.4 Å². The van der Waals surface area contributed by atoms with E-state index in [0.29, 0.717) is 0 Å². The maximum Gasteiger partial charge on any atom is 0.303 e. The Morgan fingerprint density at radius 2 is 0.540 bits per heavy atom. The van der Waals surface area contributed by atoms with Gasteiger partial charge in [0, 0.05) is 0 Å². The summed E-state index contributed by atoms with van der Waals surface area (Å²) < 4.78 is -1.46. The van der Waals surface area contributed by atoms with Gasteiger partial charge >= 0.3 is 11.9 Å². The van der Waals surface area contributed by atoms with Gasteiger partial charge in [-0.3, -0.25) is 14.4 Å². The summed E-state index contributed by atoms with van der Waals surface area (Å²) in [5, 5.41) is 15.8. The molecule has 0 atom stereocenters. The van der Waals surface area contributed by atoms with Crippen molar-refractivity contribution >= 4 is 39.9 Å². The van der Waals surface area contributed by atoms with Crippen LogP contribution < -0.4 is 0 Å². The lowest BCUT2D eigenvalue weighted by Crippen LogP contribution is -2.30. The zero-order chi connectivity index (χ0) is 35.2. The molecule has 50 heavy (non-hydrogen) atoms. The van der Waals surface area contributed by atoms with Crippen molar-refractivity contribution in [2.24, 2.45) is 0 Å². The molecule has 0 radical (unpaired) electrons. The fourth-order valence-corrected chi connectivity index (χ4v) is 8.82. The van der Waals surface area contributed by atoms with Crippen molar-refractivity contribution in [2.75, 3.05) is 0 Å². The molecular formula is C43H36O5S2. The van der Waals surface area contributed by atoms with Crippen molar-refractivity contribution < 1.29 is 24.6 Å². The zero-order valence-electron chi connectivity index (χ0n) is 27.2. The summed E-state index contributed by atoms with van der Waals surface area (Å²) in [6, 6.07) is 62.3. The number of thioether (sulfide) groups is 2. The predicted octanol–water partition coefficient (Wildman–Crippen LogP) is 10.5. The fraction of sp³-hybridized carbons (Fsp3) is 0.0930. The molecule has 0 aliphatic carbocycles. The Morgan fingerprint density at radius 1 is 0.360 bits per heavy atom. The summed E-state index contributed by atoms with van der Waals surface area (Å²) in [5.74, 6) is -2.15. The molecule has 0 aromatic heterocycles. The Morgan fingerprint density at radius 3 is 0.700 bits per heavy atom. The first-order valence-electron chi connectivity index (χ1n) is 16.0. The topological polar surface area (TPSA) is 91.7 Å². The van der Waals surface area contributed by atoms with Crippen molar-refractivity contribution in [2.45, 2.75) is 22.3 Å². The lowest BCUT2D eigenvalue weighted by Gasteiger charge is -2.37. The van der Waals surface area contributed by atoms with Gasteiger partial charge in [0.25, 0.3) is 0 Å². The maximum atomic E-state index is 14.8. The lowest BCUT2D eigenvalue weighted by atomic mass is 9.84. The van der Waals surface area contributed by atoms with Crippen LogP contribution in [0.2, 0.25) is 0 Å². The van der Waals surface area contributed by atoms with Crippen LogP contribution in [0.25, 0.3) is 0 Å². The first-order valence-corrected chi connectivity index (χ1v) is 17.7. The monoisotopic (exact) mass is 696 g/mol. The van der Waals surface area contributed by atoms with Crippen molar-refractivity contribution in [1.82, 2.24) is 0 Å². The molecule has 0 aliphatic rings. The van der Waals surface area contributed by atoms with Gasteiger partial charge in [-0.25, -0.2) is 0 Å². The highest BCUT2D eigenvalue weighted by atomic mass is 32.2. The molecule has 250 valence electrons. The van der Waals surface area contributed by atoms with Gasteiger partial charge in [0.15, 0.2) is 0 Å². The van der Waals surface area contributed by atoms with Crippen molar-refractivity contribution in [3.8, 4) is 0 Å². The van der Waals surface area contributed by atoms with Crippen molar-refractivity contribution in [1.29, 1.82) is 0 Å². The van der Waals surface area contributed by atoms with E-state index in [2.05, 4.69) is 146 Å². The molecule has 6 aromatic rings. The molecule has 5 nitrogen and oxygen atoms in total. The summed E-state index contributed by atoms with van der Waals surface area (Å²) in [4.78, 5) is 34.1. The Balaban J connectivity index is 0.000000544. The number of carbonyl (C=O) groups is 3. The number of hydrogen-bond donors (Lipinski definition) is 2. The van der Waals surface area contributed by atoms with Gasteiger partial charge in [-0.05, 0) is 33.4 Å². The van der Waals surface area contributed by atoms with Gasteiger partial charge in [0.1, 0.15) is 0 Å². The number of hydrogen-bond acceptors (Lipinski definition) is 5. The molecule has 0 spiro atoms. The smallest absolute Gasteiger partial charge is 0.303 e. The summed E-state index contributed by atoms with van der Waals surface area (Å²) in [6.45, 7) is 0. The number of carboxylic acid groups (broad SMARTS) is 2.